The monoisotopic (exact) mass is 354 g/mol. The highest BCUT2D eigenvalue weighted by Crippen LogP contribution is 2.31. The third kappa shape index (κ3) is 4.54. The molecule has 1 N–H and O–H groups in total. The van der Waals surface area contributed by atoms with Gasteiger partial charge in [-0.2, -0.15) is 0 Å². The molecule has 0 atom stereocenters. The molecule has 0 aliphatic carbocycles. The number of ether oxygens (including phenoxy) is 1. The summed E-state index contributed by atoms with van der Waals surface area (Å²) in [5, 5.41) is 9.44. The van der Waals surface area contributed by atoms with Crippen LogP contribution in [0.5, 0.6) is 5.75 Å². The van der Waals surface area contributed by atoms with Crippen molar-refractivity contribution in [3.63, 3.8) is 0 Å². The van der Waals surface area contributed by atoms with Crippen molar-refractivity contribution in [3.05, 3.63) is 48.3 Å². The zero-order chi connectivity index (χ0) is 18.7. The number of aromatic nitrogens is 1. The van der Waals surface area contributed by atoms with Crippen molar-refractivity contribution in [2.75, 3.05) is 13.1 Å². The average Bonchev–Trinajstić information content (AvgIpc) is 2.61. The summed E-state index contributed by atoms with van der Waals surface area (Å²) in [5.74, 6) is 0.644. The van der Waals surface area contributed by atoms with Crippen LogP contribution in [0.4, 0.5) is 4.79 Å². The van der Waals surface area contributed by atoms with Gasteiger partial charge in [0.2, 0.25) is 0 Å². The molecule has 26 heavy (non-hydrogen) atoms. The van der Waals surface area contributed by atoms with Gasteiger partial charge in [0.15, 0.2) is 0 Å². The standard InChI is InChI=1S/C21H26N2O3/c1-21(2,3)26-20(25)23-10-8-16(9-11-23)18-12-17(13-22-14-18)15-4-6-19(24)7-5-15/h4-7,12-14,16,24H,8-11H2,1-3H3. The fourth-order valence-electron chi connectivity index (χ4n) is 3.21. The number of amides is 1. The van der Waals surface area contributed by atoms with Crippen LogP contribution in [0.25, 0.3) is 11.1 Å². The van der Waals surface area contributed by atoms with E-state index in [9.17, 15) is 9.90 Å². The van der Waals surface area contributed by atoms with E-state index in [1.54, 1.807) is 17.0 Å². The summed E-state index contributed by atoms with van der Waals surface area (Å²) in [5.41, 5.74) is 2.80. The molecule has 138 valence electrons. The molecule has 0 saturated carbocycles. The van der Waals surface area contributed by atoms with Gasteiger partial charge in [0.1, 0.15) is 11.4 Å². The Kier molecular flexibility index (Phi) is 5.16. The second-order valence-electron chi connectivity index (χ2n) is 7.80. The summed E-state index contributed by atoms with van der Waals surface area (Å²) >= 11 is 0. The van der Waals surface area contributed by atoms with Crippen molar-refractivity contribution in [3.8, 4) is 16.9 Å². The first-order valence-electron chi connectivity index (χ1n) is 9.04. The molecule has 2 aromatic rings. The summed E-state index contributed by atoms with van der Waals surface area (Å²) in [6.07, 6.45) is 5.33. The number of hydrogen-bond donors (Lipinski definition) is 1. The minimum absolute atomic E-state index is 0.230. The molecule has 0 spiro atoms. The molecule has 1 saturated heterocycles. The number of phenolic OH excluding ortho intramolecular Hbond substituents is 1. The van der Waals surface area contributed by atoms with Crippen molar-refractivity contribution in [2.45, 2.75) is 45.1 Å². The van der Waals surface area contributed by atoms with Gasteiger partial charge in [-0.05, 0) is 68.9 Å². The van der Waals surface area contributed by atoms with Crippen molar-refractivity contribution in [1.29, 1.82) is 0 Å². The van der Waals surface area contributed by atoms with Crippen LogP contribution in [0.3, 0.4) is 0 Å². The van der Waals surface area contributed by atoms with E-state index in [-0.39, 0.29) is 11.8 Å². The molecular weight excluding hydrogens is 328 g/mol. The van der Waals surface area contributed by atoms with E-state index in [4.69, 9.17) is 4.74 Å². The molecule has 1 aromatic heterocycles. The molecule has 1 aromatic carbocycles. The zero-order valence-electron chi connectivity index (χ0n) is 15.6. The smallest absolute Gasteiger partial charge is 0.410 e. The first kappa shape index (κ1) is 18.2. The Morgan fingerprint density at radius 2 is 1.77 bits per heavy atom. The maximum Gasteiger partial charge on any atom is 0.410 e. The van der Waals surface area contributed by atoms with Crippen molar-refractivity contribution >= 4 is 6.09 Å². The quantitative estimate of drug-likeness (QED) is 0.858. The van der Waals surface area contributed by atoms with E-state index in [0.29, 0.717) is 19.0 Å². The predicted molar refractivity (Wildman–Crippen MR) is 101 cm³/mol. The fourth-order valence-corrected chi connectivity index (χ4v) is 3.21. The maximum absolute atomic E-state index is 12.2. The lowest BCUT2D eigenvalue weighted by Crippen LogP contribution is -2.41. The topological polar surface area (TPSA) is 62.7 Å². The van der Waals surface area contributed by atoms with Crippen molar-refractivity contribution < 1.29 is 14.6 Å². The zero-order valence-corrected chi connectivity index (χ0v) is 15.6. The van der Waals surface area contributed by atoms with Crippen LogP contribution in [0.15, 0.2) is 42.7 Å². The predicted octanol–water partition coefficient (Wildman–Crippen LogP) is 4.57. The Bertz CT molecular complexity index is 758. The molecule has 3 rings (SSSR count). The molecular formula is C21H26N2O3. The Labute approximate surface area is 154 Å². The van der Waals surface area contributed by atoms with Crippen LogP contribution in [0, 0.1) is 0 Å². The van der Waals surface area contributed by atoms with E-state index in [1.807, 2.05) is 45.3 Å². The highest BCUT2D eigenvalue weighted by molar-refractivity contribution is 5.68. The Morgan fingerprint density at radius 1 is 1.12 bits per heavy atom. The normalized spacial score (nSPS) is 15.7. The second kappa shape index (κ2) is 7.36. The Morgan fingerprint density at radius 3 is 2.38 bits per heavy atom. The van der Waals surface area contributed by atoms with Crippen LogP contribution in [0.1, 0.15) is 45.1 Å². The summed E-state index contributed by atoms with van der Waals surface area (Å²) in [6.45, 7) is 7.06. The minimum Gasteiger partial charge on any atom is -0.508 e. The average molecular weight is 354 g/mol. The molecule has 2 heterocycles. The number of phenols is 1. The van der Waals surface area contributed by atoms with Crippen LogP contribution in [0.2, 0.25) is 0 Å². The van der Waals surface area contributed by atoms with Crippen molar-refractivity contribution in [1.82, 2.24) is 9.88 Å². The summed E-state index contributed by atoms with van der Waals surface area (Å²) in [4.78, 5) is 18.4. The number of hydrogen-bond acceptors (Lipinski definition) is 4. The van der Waals surface area contributed by atoms with Crippen LogP contribution in [-0.4, -0.2) is 39.8 Å². The maximum atomic E-state index is 12.2. The van der Waals surface area contributed by atoms with E-state index in [1.165, 1.54) is 5.56 Å². The number of pyridine rings is 1. The van der Waals surface area contributed by atoms with Gasteiger partial charge in [0.05, 0.1) is 0 Å². The van der Waals surface area contributed by atoms with Gasteiger partial charge < -0.3 is 14.7 Å². The van der Waals surface area contributed by atoms with E-state index in [0.717, 1.165) is 24.0 Å². The summed E-state index contributed by atoms with van der Waals surface area (Å²) in [6, 6.07) is 9.30. The number of carbonyl (C=O) groups is 1. The molecule has 1 fully saturated rings. The third-order valence-corrected chi connectivity index (χ3v) is 4.58. The number of rotatable bonds is 2. The number of likely N-dealkylation sites (tertiary alicyclic amines) is 1. The number of carbonyl (C=O) groups excluding carboxylic acids is 1. The third-order valence-electron chi connectivity index (χ3n) is 4.58. The minimum atomic E-state index is -0.462. The number of benzene rings is 1. The first-order valence-corrected chi connectivity index (χ1v) is 9.04. The van der Waals surface area contributed by atoms with E-state index < -0.39 is 5.60 Å². The molecule has 5 nitrogen and oxygen atoms in total. The van der Waals surface area contributed by atoms with Crippen LogP contribution in [-0.2, 0) is 4.74 Å². The molecule has 0 bridgehead atoms. The van der Waals surface area contributed by atoms with Gasteiger partial charge in [-0.1, -0.05) is 12.1 Å². The highest BCUT2D eigenvalue weighted by atomic mass is 16.6. The van der Waals surface area contributed by atoms with E-state index in [2.05, 4.69) is 11.1 Å². The Balaban J connectivity index is 1.65. The van der Waals surface area contributed by atoms with Gasteiger partial charge in [0.25, 0.3) is 0 Å². The molecule has 0 radical (unpaired) electrons. The fraction of sp³-hybridized carbons (Fsp3) is 0.429. The molecule has 1 aliphatic heterocycles. The summed E-state index contributed by atoms with van der Waals surface area (Å²) < 4.78 is 5.46. The number of nitrogens with zero attached hydrogens (tertiary/aromatic N) is 2. The van der Waals surface area contributed by atoms with Gasteiger partial charge >= 0.3 is 6.09 Å². The van der Waals surface area contributed by atoms with Crippen LogP contribution >= 0.6 is 0 Å². The lowest BCUT2D eigenvalue weighted by molar-refractivity contribution is 0.0205. The SMILES string of the molecule is CC(C)(C)OC(=O)N1CCC(c2cncc(-c3ccc(O)cc3)c2)CC1. The molecule has 1 aliphatic rings. The van der Waals surface area contributed by atoms with Gasteiger partial charge in [-0.3, -0.25) is 4.98 Å². The molecule has 1 amide bonds. The lowest BCUT2D eigenvalue weighted by atomic mass is 9.89. The number of aromatic hydroxyl groups is 1. The van der Waals surface area contributed by atoms with Crippen molar-refractivity contribution in [2.24, 2.45) is 0 Å². The largest absolute Gasteiger partial charge is 0.508 e. The van der Waals surface area contributed by atoms with Gasteiger partial charge in [-0.15, -0.1) is 0 Å². The Hall–Kier alpha value is -2.56. The van der Waals surface area contributed by atoms with E-state index >= 15 is 0 Å². The molecule has 5 heteroatoms. The lowest BCUT2D eigenvalue weighted by Gasteiger charge is -2.33. The van der Waals surface area contributed by atoms with Gasteiger partial charge in [0, 0.05) is 31.0 Å². The summed E-state index contributed by atoms with van der Waals surface area (Å²) in [7, 11) is 0. The first-order chi connectivity index (χ1) is 12.3. The van der Waals surface area contributed by atoms with Gasteiger partial charge in [-0.25, -0.2) is 4.79 Å². The molecule has 0 unspecified atom stereocenters. The number of piperidine rings is 1. The second-order valence-corrected chi connectivity index (χ2v) is 7.80. The highest BCUT2D eigenvalue weighted by Gasteiger charge is 2.27. The van der Waals surface area contributed by atoms with Crippen LogP contribution < -0.4 is 0 Å².